The molecular formula is C17H28N2. The zero-order valence-electron chi connectivity index (χ0n) is 12.4. The molecule has 0 aliphatic heterocycles. The lowest BCUT2D eigenvalue weighted by molar-refractivity contribution is 0.364. The smallest absolute Gasteiger partial charge is 0.0366 e. The molecule has 2 rings (SSSR count). The fraction of sp³-hybridized carbons (Fsp3) is 0.647. The van der Waals surface area contributed by atoms with Crippen LogP contribution in [0.1, 0.15) is 39.5 Å². The summed E-state index contributed by atoms with van der Waals surface area (Å²) in [7, 11) is 0. The molecule has 0 amide bonds. The maximum Gasteiger partial charge on any atom is 0.0366 e. The quantitative estimate of drug-likeness (QED) is 0.804. The summed E-state index contributed by atoms with van der Waals surface area (Å²) in [5.74, 6) is 0.873. The van der Waals surface area contributed by atoms with Gasteiger partial charge in [-0.3, -0.25) is 0 Å². The van der Waals surface area contributed by atoms with Crippen molar-refractivity contribution < 1.29 is 0 Å². The zero-order valence-corrected chi connectivity index (χ0v) is 12.4. The van der Waals surface area contributed by atoms with Crippen molar-refractivity contribution in [1.29, 1.82) is 0 Å². The van der Waals surface area contributed by atoms with Gasteiger partial charge in [-0.25, -0.2) is 0 Å². The average molecular weight is 260 g/mol. The molecule has 1 aromatic rings. The molecule has 1 N–H and O–H groups in total. The summed E-state index contributed by atoms with van der Waals surface area (Å²) in [4.78, 5) is 2.51. The summed E-state index contributed by atoms with van der Waals surface area (Å²) < 4.78 is 0. The van der Waals surface area contributed by atoms with Gasteiger partial charge in [0.2, 0.25) is 0 Å². The Kier molecular flexibility index (Phi) is 5.71. The second-order valence-corrected chi connectivity index (χ2v) is 5.58. The third-order valence-corrected chi connectivity index (χ3v) is 4.36. The van der Waals surface area contributed by atoms with Crippen molar-refractivity contribution in [3.63, 3.8) is 0 Å². The number of nitrogens with zero attached hydrogens (tertiary/aromatic N) is 1. The van der Waals surface area contributed by atoms with Crippen molar-refractivity contribution in [1.82, 2.24) is 5.32 Å². The first kappa shape index (κ1) is 14.4. The summed E-state index contributed by atoms with van der Waals surface area (Å²) in [6, 6.07) is 11.5. The second kappa shape index (κ2) is 7.54. The lowest BCUT2D eigenvalue weighted by Gasteiger charge is -2.32. The minimum atomic E-state index is 0.646. The number of likely N-dealkylation sites (N-methyl/N-ethyl adjacent to an activating group) is 2. The highest BCUT2D eigenvalue weighted by molar-refractivity contribution is 5.46. The Morgan fingerprint density at radius 2 is 1.84 bits per heavy atom. The van der Waals surface area contributed by atoms with Gasteiger partial charge in [0, 0.05) is 24.8 Å². The molecule has 0 aromatic heterocycles. The van der Waals surface area contributed by atoms with E-state index in [1.54, 1.807) is 0 Å². The second-order valence-electron chi connectivity index (χ2n) is 5.58. The number of hydrogen-bond donors (Lipinski definition) is 1. The van der Waals surface area contributed by atoms with Crippen molar-refractivity contribution in [2.45, 2.75) is 45.6 Å². The Labute approximate surface area is 118 Å². The van der Waals surface area contributed by atoms with Gasteiger partial charge < -0.3 is 10.2 Å². The van der Waals surface area contributed by atoms with Crippen molar-refractivity contribution in [3.05, 3.63) is 30.3 Å². The normalized spacial score (nSPS) is 17.6. The van der Waals surface area contributed by atoms with Crippen LogP contribution in [0.15, 0.2) is 30.3 Å². The molecule has 2 nitrogen and oxygen atoms in total. The Hall–Kier alpha value is -1.02. The summed E-state index contributed by atoms with van der Waals surface area (Å²) in [5.41, 5.74) is 1.35. The van der Waals surface area contributed by atoms with E-state index in [4.69, 9.17) is 0 Å². The van der Waals surface area contributed by atoms with Crippen LogP contribution in [0, 0.1) is 5.92 Å². The molecule has 1 atom stereocenters. The van der Waals surface area contributed by atoms with Crippen molar-refractivity contribution in [3.8, 4) is 0 Å². The molecule has 0 heterocycles. The van der Waals surface area contributed by atoms with Gasteiger partial charge in [-0.2, -0.15) is 0 Å². The van der Waals surface area contributed by atoms with Crippen LogP contribution in [0.2, 0.25) is 0 Å². The van der Waals surface area contributed by atoms with E-state index >= 15 is 0 Å². The van der Waals surface area contributed by atoms with Gasteiger partial charge in [-0.05, 0) is 44.4 Å². The SMILES string of the molecule is CCNC(CN(CC)c1ccccc1)C1CCCC1. The van der Waals surface area contributed by atoms with Crippen molar-refractivity contribution in [2.24, 2.45) is 5.92 Å². The highest BCUT2D eigenvalue weighted by atomic mass is 15.2. The Balaban J connectivity index is 2.01. The van der Waals surface area contributed by atoms with Gasteiger partial charge in [0.15, 0.2) is 0 Å². The standard InChI is InChI=1S/C17H28N2/c1-3-18-17(15-10-8-9-11-15)14-19(4-2)16-12-6-5-7-13-16/h5-7,12-13,15,17-18H,3-4,8-11,14H2,1-2H3. The molecule has 1 unspecified atom stereocenters. The average Bonchev–Trinajstić information content (AvgIpc) is 2.98. The third kappa shape index (κ3) is 3.97. The molecule has 1 aromatic carbocycles. The summed E-state index contributed by atoms with van der Waals surface area (Å²) >= 11 is 0. The van der Waals surface area contributed by atoms with Gasteiger partial charge in [-0.1, -0.05) is 38.0 Å². The number of hydrogen-bond acceptors (Lipinski definition) is 2. The van der Waals surface area contributed by atoms with Crippen LogP contribution < -0.4 is 10.2 Å². The van der Waals surface area contributed by atoms with Gasteiger partial charge in [0.25, 0.3) is 0 Å². The molecule has 1 aliphatic carbocycles. The summed E-state index contributed by atoms with van der Waals surface area (Å²) in [6.07, 6.45) is 5.65. The maximum absolute atomic E-state index is 3.72. The minimum absolute atomic E-state index is 0.646. The molecule has 1 aliphatic rings. The fourth-order valence-electron chi connectivity index (χ4n) is 3.30. The molecule has 1 saturated carbocycles. The number of nitrogens with one attached hydrogen (secondary N) is 1. The molecule has 1 fully saturated rings. The maximum atomic E-state index is 3.72. The molecule has 0 bridgehead atoms. The highest BCUT2D eigenvalue weighted by Gasteiger charge is 2.25. The summed E-state index contributed by atoms with van der Waals surface area (Å²) in [6.45, 7) is 7.77. The fourth-order valence-corrected chi connectivity index (χ4v) is 3.30. The van der Waals surface area contributed by atoms with Gasteiger partial charge in [0.1, 0.15) is 0 Å². The third-order valence-electron chi connectivity index (χ3n) is 4.36. The van der Waals surface area contributed by atoms with E-state index in [0.29, 0.717) is 6.04 Å². The van der Waals surface area contributed by atoms with Crippen molar-refractivity contribution in [2.75, 3.05) is 24.5 Å². The van der Waals surface area contributed by atoms with Crippen LogP contribution in [-0.4, -0.2) is 25.7 Å². The van der Waals surface area contributed by atoms with Crippen LogP contribution in [0.4, 0.5) is 5.69 Å². The topological polar surface area (TPSA) is 15.3 Å². The van der Waals surface area contributed by atoms with Crippen molar-refractivity contribution >= 4 is 5.69 Å². The number of rotatable bonds is 7. The van der Waals surface area contributed by atoms with E-state index in [1.165, 1.54) is 31.4 Å². The molecule has 106 valence electrons. The lowest BCUT2D eigenvalue weighted by atomic mass is 9.97. The first-order valence-corrected chi connectivity index (χ1v) is 7.88. The summed E-state index contributed by atoms with van der Waals surface area (Å²) in [5, 5.41) is 3.72. The van der Waals surface area contributed by atoms with E-state index in [2.05, 4.69) is 54.4 Å². The van der Waals surface area contributed by atoms with Gasteiger partial charge >= 0.3 is 0 Å². The minimum Gasteiger partial charge on any atom is -0.370 e. The Bertz CT molecular complexity index is 344. The molecule has 0 spiro atoms. The van der Waals surface area contributed by atoms with E-state index in [9.17, 15) is 0 Å². The van der Waals surface area contributed by atoms with Gasteiger partial charge in [0.05, 0.1) is 0 Å². The van der Waals surface area contributed by atoms with E-state index < -0.39 is 0 Å². The Morgan fingerprint density at radius 3 is 2.42 bits per heavy atom. The monoisotopic (exact) mass is 260 g/mol. The molecule has 2 heteroatoms. The number of benzene rings is 1. The molecule has 0 saturated heterocycles. The largest absolute Gasteiger partial charge is 0.370 e. The highest BCUT2D eigenvalue weighted by Crippen LogP contribution is 2.28. The number of para-hydroxylation sites is 1. The van der Waals surface area contributed by atoms with E-state index in [0.717, 1.165) is 25.6 Å². The van der Waals surface area contributed by atoms with Crippen LogP contribution in [0.3, 0.4) is 0 Å². The van der Waals surface area contributed by atoms with E-state index in [1.807, 2.05) is 0 Å². The predicted molar refractivity (Wildman–Crippen MR) is 83.8 cm³/mol. The number of anilines is 1. The first-order chi connectivity index (χ1) is 9.35. The van der Waals surface area contributed by atoms with Crippen LogP contribution in [0.5, 0.6) is 0 Å². The molecule has 19 heavy (non-hydrogen) atoms. The molecular weight excluding hydrogens is 232 g/mol. The van der Waals surface area contributed by atoms with Crippen LogP contribution in [-0.2, 0) is 0 Å². The Morgan fingerprint density at radius 1 is 1.16 bits per heavy atom. The van der Waals surface area contributed by atoms with Crippen LogP contribution >= 0.6 is 0 Å². The molecule has 0 radical (unpaired) electrons. The zero-order chi connectivity index (χ0) is 13.5. The predicted octanol–water partition coefficient (Wildman–Crippen LogP) is 3.68. The van der Waals surface area contributed by atoms with Crippen LogP contribution in [0.25, 0.3) is 0 Å². The van der Waals surface area contributed by atoms with E-state index in [-0.39, 0.29) is 0 Å². The first-order valence-electron chi connectivity index (χ1n) is 7.88. The van der Waals surface area contributed by atoms with Gasteiger partial charge in [-0.15, -0.1) is 0 Å². The lowest BCUT2D eigenvalue weighted by Crippen LogP contribution is -2.45.